The van der Waals surface area contributed by atoms with Crippen LogP contribution in [0.4, 0.5) is 0 Å². The van der Waals surface area contributed by atoms with Crippen molar-refractivity contribution < 1.29 is 19.4 Å². The van der Waals surface area contributed by atoms with E-state index in [-0.39, 0.29) is 12.0 Å². The molecule has 6 heteroatoms. The zero-order valence-corrected chi connectivity index (χ0v) is 10.3. The number of ether oxygens (including phenoxy) is 1. The first kappa shape index (κ1) is 13.9. The number of rotatable bonds is 6. The highest BCUT2D eigenvalue weighted by Gasteiger charge is 2.29. The number of carboxylic acid groups (broad SMARTS) is 1. The summed E-state index contributed by atoms with van der Waals surface area (Å²) in [5.41, 5.74) is 0. The van der Waals surface area contributed by atoms with Crippen molar-refractivity contribution in [1.82, 2.24) is 10.2 Å². The van der Waals surface area contributed by atoms with Crippen molar-refractivity contribution in [2.75, 3.05) is 27.2 Å². The van der Waals surface area contributed by atoms with Gasteiger partial charge in [-0.05, 0) is 12.8 Å². The standard InChI is InChI=1S/C11H20N2O4/c1-13(2)10(14)5-6-12-7-8-3-4-9(17-8)11(15)16/h8-9,12H,3-7H2,1-2H3,(H,15,16). The number of carbonyl (C=O) groups excluding carboxylic acids is 1. The molecule has 1 fully saturated rings. The Labute approximate surface area is 101 Å². The lowest BCUT2D eigenvalue weighted by atomic mass is 10.2. The third-order valence-electron chi connectivity index (χ3n) is 2.77. The van der Waals surface area contributed by atoms with Crippen LogP contribution in [0.1, 0.15) is 19.3 Å². The van der Waals surface area contributed by atoms with Gasteiger partial charge >= 0.3 is 5.97 Å². The summed E-state index contributed by atoms with van der Waals surface area (Å²) in [7, 11) is 3.44. The SMILES string of the molecule is CN(C)C(=O)CCNCC1CCC(C(=O)O)O1. The van der Waals surface area contributed by atoms with Crippen molar-refractivity contribution in [2.24, 2.45) is 0 Å². The number of carbonyl (C=O) groups is 2. The van der Waals surface area contributed by atoms with Crippen LogP contribution in [0, 0.1) is 0 Å². The van der Waals surface area contributed by atoms with E-state index in [1.807, 2.05) is 0 Å². The summed E-state index contributed by atoms with van der Waals surface area (Å²) in [6.45, 7) is 1.19. The smallest absolute Gasteiger partial charge is 0.332 e. The van der Waals surface area contributed by atoms with Gasteiger partial charge in [0.1, 0.15) is 0 Å². The molecular formula is C11H20N2O4. The normalized spacial score (nSPS) is 23.6. The minimum absolute atomic E-state index is 0.0504. The van der Waals surface area contributed by atoms with Gasteiger partial charge in [0, 0.05) is 33.6 Å². The van der Waals surface area contributed by atoms with Crippen LogP contribution in [0.2, 0.25) is 0 Å². The largest absolute Gasteiger partial charge is 0.479 e. The second kappa shape index (κ2) is 6.56. The van der Waals surface area contributed by atoms with Crippen molar-refractivity contribution >= 4 is 11.9 Å². The Hall–Kier alpha value is -1.14. The number of amides is 1. The molecule has 1 heterocycles. The molecule has 1 rings (SSSR count). The van der Waals surface area contributed by atoms with E-state index in [4.69, 9.17) is 9.84 Å². The maximum atomic E-state index is 11.3. The van der Waals surface area contributed by atoms with Crippen molar-refractivity contribution in [1.29, 1.82) is 0 Å². The van der Waals surface area contributed by atoms with Crippen LogP contribution in [-0.4, -0.2) is 61.3 Å². The molecule has 1 aliphatic heterocycles. The summed E-state index contributed by atoms with van der Waals surface area (Å²) in [5.74, 6) is -0.816. The Kier molecular flexibility index (Phi) is 5.37. The quantitative estimate of drug-likeness (QED) is 0.626. The molecule has 0 aliphatic carbocycles. The molecule has 0 aromatic heterocycles. The first-order valence-electron chi connectivity index (χ1n) is 5.80. The van der Waals surface area contributed by atoms with E-state index >= 15 is 0 Å². The predicted molar refractivity (Wildman–Crippen MR) is 61.7 cm³/mol. The minimum Gasteiger partial charge on any atom is -0.479 e. The molecule has 98 valence electrons. The van der Waals surface area contributed by atoms with Gasteiger partial charge in [-0.3, -0.25) is 4.79 Å². The third-order valence-corrected chi connectivity index (χ3v) is 2.77. The van der Waals surface area contributed by atoms with E-state index in [1.54, 1.807) is 19.0 Å². The average molecular weight is 244 g/mol. The maximum Gasteiger partial charge on any atom is 0.332 e. The minimum atomic E-state index is -0.893. The van der Waals surface area contributed by atoms with E-state index in [2.05, 4.69) is 5.32 Å². The molecule has 1 aliphatic rings. The molecule has 0 spiro atoms. The molecule has 2 N–H and O–H groups in total. The Morgan fingerprint density at radius 3 is 2.65 bits per heavy atom. The van der Waals surface area contributed by atoms with Gasteiger partial charge in [0.25, 0.3) is 0 Å². The molecule has 0 bridgehead atoms. The van der Waals surface area contributed by atoms with Crippen LogP contribution >= 0.6 is 0 Å². The van der Waals surface area contributed by atoms with Gasteiger partial charge in [-0.2, -0.15) is 0 Å². The fourth-order valence-electron chi connectivity index (χ4n) is 1.72. The lowest BCUT2D eigenvalue weighted by molar-refractivity contribution is -0.149. The predicted octanol–water partition coefficient (Wildman–Crippen LogP) is -0.313. The molecule has 0 aromatic rings. The van der Waals surface area contributed by atoms with Gasteiger partial charge in [-0.25, -0.2) is 4.79 Å². The molecule has 0 radical (unpaired) electrons. The van der Waals surface area contributed by atoms with E-state index in [0.717, 1.165) is 6.42 Å². The number of hydrogen-bond acceptors (Lipinski definition) is 4. The summed E-state index contributed by atoms with van der Waals surface area (Å²) in [5, 5.41) is 11.8. The van der Waals surface area contributed by atoms with Gasteiger partial charge in [0.2, 0.25) is 5.91 Å². The summed E-state index contributed by atoms with van der Waals surface area (Å²) in [6, 6.07) is 0. The van der Waals surface area contributed by atoms with E-state index in [1.165, 1.54) is 0 Å². The van der Waals surface area contributed by atoms with Crippen LogP contribution in [0.15, 0.2) is 0 Å². The summed E-state index contributed by atoms with van der Waals surface area (Å²) < 4.78 is 5.32. The van der Waals surface area contributed by atoms with E-state index in [0.29, 0.717) is 25.9 Å². The van der Waals surface area contributed by atoms with Gasteiger partial charge in [0.05, 0.1) is 6.10 Å². The van der Waals surface area contributed by atoms with Crippen LogP contribution in [0.25, 0.3) is 0 Å². The van der Waals surface area contributed by atoms with Crippen molar-refractivity contribution in [2.45, 2.75) is 31.5 Å². The summed E-state index contributed by atoms with van der Waals surface area (Å²) in [4.78, 5) is 23.5. The van der Waals surface area contributed by atoms with Gasteiger partial charge in [0.15, 0.2) is 6.10 Å². The Balaban J connectivity index is 2.08. The molecule has 0 saturated carbocycles. The fraction of sp³-hybridized carbons (Fsp3) is 0.818. The Morgan fingerprint density at radius 1 is 1.41 bits per heavy atom. The maximum absolute atomic E-state index is 11.3. The highest BCUT2D eigenvalue weighted by molar-refractivity contribution is 5.75. The van der Waals surface area contributed by atoms with Gasteiger partial charge in [-0.1, -0.05) is 0 Å². The first-order valence-corrected chi connectivity index (χ1v) is 5.80. The molecule has 2 atom stereocenters. The number of nitrogens with one attached hydrogen (secondary N) is 1. The summed E-state index contributed by atoms with van der Waals surface area (Å²) in [6.07, 6.45) is 1.06. The Morgan fingerprint density at radius 2 is 2.12 bits per heavy atom. The Bertz CT molecular complexity index is 281. The highest BCUT2D eigenvalue weighted by atomic mass is 16.5. The lowest BCUT2D eigenvalue weighted by Gasteiger charge is -2.13. The average Bonchev–Trinajstić information content (AvgIpc) is 2.72. The molecular weight excluding hydrogens is 224 g/mol. The van der Waals surface area contributed by atoms with Crippen LogP contribution < -0.4 is 5.32 Å². The van der Waals surface area contributed by atoms with Crippen molar-refractivity contribution in [3.8, 4) is 0 Å². The fourth-order valence-corrected chi connectivity index (χ4v) is 1.72. The summed E-state index contributed by atoms with van der Waals surface area (Å²) >= 11 is 0. The monoisotopic (exact) mass is 244 g/mol. The topological polar surface area (TPSA) is 78.9 Å². The van der Waals surface area contributed by atoms with Crippen molar-refractivity contribution in [3.63, 3.8) is 0 Å². The van der Waals surface area contributed by atoms with Crippen molar-refractivity contribution in [3.05, 3.63) is 0 Å². The zero-order valence-electron chi connectivity index (χ0n) is 10.3. The van der Waals surface area contributed by atoms with Gasteiger partial charge in [-0.15, -0.1) is 0 Å². The number of carboxylic acids is 1. The number of aliphatic carboxylic acids is 1. The van der Waals surface area contributed by atoms with Crippen LogP contribution in [0.3, 0.4) is 0 Å². The molecule has 2 unspecified atom stereocenters. The molecule has 6 nitrogen and oxygen atoms in total. The van der Waals surface area contributed by atoms with E-state index < -0.39 is 12.1 Å². The molecule has 1 amide bonds. The third kappa shape index (κ3) is 4.70. The van der Waals surface area contributed by atoms with Gasteiger partial charge < -0.3 is 20.1 Å². The molecule has 0 aromatic carbocycles. The number of hydrogen-bond donors (Lipinski definition) is 2. The number of nitrogens with zero attached hydrogens (tertiary/aromatic N) is 1. The highest BCUT2D eigenvalue weighted by Crippen LogP contribution is 2.19. The molecule has 17 heavy (non-hydrogen) atoms. The van der Waals surface area contributed by atoms with E-state index in [9.17, 15) is 9.59 Å². The first-order chi connectivity index (χ1) is 8.00. The van der Waals surface area contributed by atoms with Crippen LogP contribution in [-0.2, 0) is 14.3 Å². The molecule has 1 saturated heterocycles. The van der Waals surface area contributed by atoms with Crippen LogP contribution in [0.5, 0.6) is 0 Å². The lowest BCUT2D eigenvalue weighted by Crippen LogP contribution is -2.32. The zero-order chi connectivity index (χ0) is 12.8. The second-order valence-electron chi connectivity index (χ2n) is 4.40. The second-order valence-corrected chi connectivity index (χ2v) is 4.40.